The number of hydrogen-bond donors (Lipinski definition) is 3. The third-order valence-electron chi connectivity index (χ3n) is 4.22. The monoisotopic (exact) mass is 403 g/mol. The molecule has 0 fully saturated rings. The van der Waals surface area contributed by atoms with Gasteiger partial charge >= 0.3 is 0 Å². The maximum Gasteiger partial charge on any atom is 0.241 e. The average molecular weight is 404 g/mol. The number of carbonyl (C=O) groups excluding carboxylic acids is 1. The number of nitrogen functional groups attached to an aromatic ring is 1. The Labute approximate surface area is 170 Å². The topological polar surface area (TPSA) is 115 Å². The molecule has 1 amide bonds. The number of rotatable bonds is 10. The number of amides is 1. The van der Waals surface area contributed by atoms with Gasteiger partial charge in [-0.3, -0.25) is 4.79 Å². The Balaban J connectivity index is 0.00000280. The summed E-state index contributed by atoms with van der Waals surface area (Å²) in [6, 6.07) is 10.3. The Morgan fingerprint density at radius 2 is 1.89 bits per heavy atom. The van der Waals surface area contributed by atoms with Crippen molar-refractivity contribution in [3.05, 3.63) is 59.7 Å². The number of carbonyl (C=O) groups is 1. The zero-order valence-electron chi connectivity index (χ0n) is 15.7. The van der Waals surface area contributed by atoms with Crippen molar-refractivity contribution in [2.75, 3.05) is 12.3 Å². The van der Waals surface area contributed by atoms with Crippen LogP contribution in [0.25, 0.3) is 0 Å². The molecule has 1 aromatic carbocycles. The highest BCUT2D eigenvalue weighted by atomic mass is 35.5. The number of nitrogens with zero attached hydrogens (tertiary/aromatic N) is 4. The van der Waals surface area contributed by atoms with Crippen LogP contribution in [0.1, 0.15) is 29.8 Å². The zero-order valence-corrected chi connectivity index (χ0v) is 16.5. The van der Waals surface area contributed by atoms with Crippen molar-refractivity contribution in [1.82, 2.24) is 30.3 Å². The molecule has 8 nitrogen and oxygen atoms in total. The number of nitrogens with two attached hydrogens (primary N) is 1. The number of benzene rings is 1. The van der Waals surface area contributed by atoms with Crippen LogP contribution >= 0.6 is 12.4 Å². The zero-order chi connectivity index (χ0) is 18.9. The minimum atomic E-state index is -0.0495. The molecule has 3 rings (SSSR count). The number of aromatic amines is 1. The van der Waals surface area contributed by atoms with Crippen molar-refractivity contribution in [3.8, 4) is 0 Å². The van der Waals surface area contributed by atoms with Crippen molar-refractivity contribution in [1.29, 1.82) is 0 Å². The summed E-state index contributed by atoms with van der Waals surface area (Å²) < 4.78 is 1.58. The molecular formula is C19H26ClN7O. The minimum absolute atomic E-state index is 0. The molecule has 3 aromatic rings. The quantitative estimate of drug-likeness (QED) is 0.447. The standard InChI is InChI=1S/C19H25N7O.ClH/c20-19-22-12-16(23-19)9-4-10-17-13-26(25-24-17)14-18(27)21-11-5-8-15-6-2-1-3-7-15;/h1-3,6-7,12-13H,4-5,8-11,14H2,(H,21,27)(H3,20,22,23);1H. The predicted octanol–water partition coefficient (Wildman–Crippen LogP) is 1.93. The molecule has 0 aliphatic heterocycles. The molecule has 0 unspecified atom stereocenters. The van der Waals surface area contributed by atoms with Crippen molar-refractivity contribution in [3.63, 3.8) is 0 Å². The van der Waals surface area contributed by atoms with E-state index in [1.807, 2.05) is 30.6 Å². The SMILES string of the molecule is Cl.Nc1nc(CCCc2cn(CC(=O)NCCCc3ccccc3)nn2)c[nH]1. The maximum atomic E-state index is 12.0. The van der Waals surface area contributed by atoms with Gasteiger partial charge in [-0.05, 0) is 37.7 Å². The van der Waals surface area contributed by atoms with E-state index in [-0.39, 0.29) is 24.9 Å². The smallest absolute Gasteiger partial charge is 0.241 e. The lowest BCUT2D eigenvalue weighted by Crippen LogP contribution is -2.28. The Kier molecular flexibility index (Phi) is 8.48. The predicted molar refractivity (Wildman–Crippen MR) is 110 cm³/mol. The first-order chi connectivity index (χ1) is 13.2. The van der Waals surface area contributed by atoms with E-state index in [1.165, 1.54) is 5.56 Å². The summed E-state index contributed by atoms with van der Waals surface area (Å²) in [5.41, 5.74) is 8.65. The second kappa shape index (κ2) is 11.1. The van der Waals surface area contributed by atoms with Crippen LogP contribution in [0.2, 0.25) is 0 Å². The summed E-state index contributed by atoms with van der Waals surface area (Å²) in [5, 5.41) is 11.1. The maximum absolute atomic E-state index is 12.0. The molecule has 2 aromatic heterocycles. The lowest BCUT2D eigenvalue weighted by molar-refractivity contribution is -0.121. The van der Waals surface area contributed by atoms with Gasteiger partial charge in [-0.25, -0.2) is 9.67 Å². The fourth-order valence-electron chi connectivity index (χ4n) is 2.85. The van der Waals surface area contributed by atoms with E-state index in [9.17, 15) is 4.79 Å². The highest BCUT2D eigenvalue weighted by Gasteiger charge is 2.06. The fourth-order valence-corrected chi connectivity index (χ4v) is 2.85. The lowest BCUT2D eigenvalue weighted by atomic mass is 10.1. The first-order valence-electron chi connectivity index (χ1n) is 9.18. The summed E-state index contributed by atoms with van der Waals surface area (Å²) in [6.45, 7) is 0.844. The second-order valence-electron chi connectivity index (χ2n) is 6.48. The largest absolute Gasteiger partial charge is 0.369 e. The van der Waals surface area contributed by atoms with Crippen LogP contribution < -0.4 is 11.1 Å². The molecule has 0 saturated heterocycles. The van der Waals surface area contributed by atoms with Crippen LogP contribution in [0.4, 0.5) is 5.95 Å². The van der Waals surface area contributed by atoms with E-state index >= 15 is 0 Å². The third-order valence-corrected chi connectivity index (χ3v) is 4.22. The van der Waals surface area contributed by atoms with Crippen molar-refractivity contribution in [2.24, 2.45) is 0 Å². The summed E-state index contributed by atoms with van der Waals surface area (Å²) in [4.78, 5) is 19.0. The Morgan fingerprint density at radius 1 is 1.11 bits per heavy atom. The number of hydrogen-bond acceptors (Lipinski definition) is 5. The first-order valence-corrected chi connectivity index (χ1v) is 9.18. The minimum Gasteiger partial charge on any atom is -0.369 e. The van der Waals surface area contributed by atoms with Crippen molar-refractivity contribution >= 4 is 24.3 Å². The molecule has 0 saturated carbocycles. The van der Waals surface area contributed by atoms with E-state index in [4.69, 9.17) is 5.73 Å². The van der Waals surface area contributed by atoms with Crippen LogP contribution in [0.5, 0.6) is 0 Å². The van der Waals surface area contributed by atoms with Gasteiger partial charge < -0.3 is 16.0 Å². The summed E-state index contributed by atoms with van der Waals surface area (Å²) in [6.07, 6.45) is 8.01. The van der Waals surface area contributed by atoms with Crippen LogP contribution in [-0.4, -0.2) is 37.4 Å². The molecule has 150 valence electrons. The number of halogens is 1. The molecule has 0 atom stereocenters. The van der Waals surface area contributed by atoms with Crippen LogP contribution in [0, 0.1) is 0 Å². The van der Waals surface area contributed by atoms with Gasteiger partial charge in [0.05, 0.1) is 11.4 Å². The van der Waals surface area contributed by atoms with Gasteiger partial charge in [0, 0.05) is 18.9 Å². The molecule has 0 aliphatic rings. The third kappa shape index (κ3) is 7.03. The van der Waals surface area contributed by atoms with Gasteiger partial charge in [0.25, 0.3) is 0 Å². The number of aryl methyl sites for hydroxylation is 3. The number of H-pyrrole nitrogens is 1. The normalized spacial score (nSPS) is 10.4. The van der Waals surface area contributed by atoms with Gasteiger partial charge in [-0.1, -0.05) is 35.5 Å². The Hall–Kier alpha value is -2.87. The fraction of sp³-hybridized carbons (Fsp3) is 0.368. The van der Waals surface area contributed by atoms with Gasteiger partial charge in [0.15, 0.2) is 5.95 Å². The molecule has 0 radical (unpaired) electrons. The number of imidazole rings is 1. The number of nitrogens with one attached hydrogen (secondary N) is 2. The lowest BCUT2D eigenvalue weighted by Gasteiger charge is -2.05. The molecule has 0 bridgehead atoms. The summed E-state index contributed by atoms with van der Waals surface area (Å²) in [5.74, 6) is 0.386. The first kappa shape index (κ1) is 21.4. The molecule has 2 heterocycles. The van der Waals surface area contributed by atoms with E-state index in [0.29, 0.717) is 12.5 Å². The van der Waals surface area contributed by atoms with Crippen LogP contribution in [0.15, 0.2) is 42.7 Å². The van der Waals surface area contributed by atoms with E-state index < -0.39 is 0 Å². The molecule has 9 heteroatoms. The molecule has 0 spiro atoms. The van der Waals surface area contributed by atoms with Crippen LogP contribution in [0.3, 0.4) is 0 Å². The Bertz CT molecular complexity index is 847. The molecular weight excluding hydrogens is 378 g/mol. The second-order valence-corrected chi connectivity index (χ2v) is 6.48. The molecule has 4 N–H and O–H groups in total. The number of aromatic nitrogens is 5. The van der Waals surface area contributed by atoms with Crippen molar-refractivity contribution < 1.29 is 4.79 Å². The summed E-state index contributed by atoms with van der Waals surface area (Å²) >= 11 is 0. The van der Waals surface area contributed by atoms with Gasteiger partial charge in [0.2, 0.25) is 5.91 Å². The Morgan fingerprint density at radius 3 is 2.64 bits per heavy atom. The van der Waals surface area contributed by atoms with Crippen molar-refractivity contribution in [2.45, 2.75) is 38.6 Å². The van der Waals surface area contributed by atoms with Gasteiger partial charge in [-0.2, -0.15) is 0 Å². The van der Waals surface area contributed by atoms with E-state index in [2.05, 4.69) is 37.7 Å². The van der Waals surface area contributed by atoms with E-state index in [0.717, 1.165) is 43.5 Å². The summed E-state index contributed by atoms with van der Waals surface area (Å²) in [7, 11) is 0. The number of anilines is 1. The van der Waals surface area contributed by atoms with Gasteiger partial charge in [-0.15, -0.1) is 17.5 Å². The van der Waals surface area contributed by atoms with Gasteiger partial charge in [0.1, 0.15) is 6.54 Å². The highest BCUT2D eigenvalue weighted by Crippen LogP contribution is 2.06. The van der Waals surface area contributed by atoms with Crippen LogP contribution in [-0.2, 0) is 30.6 Å². The molecule has 0 aliphatic carbocycles. The highest BCUT2D eigenvalue weighted by molar-refractivity contribution is 5.85. The average Bonchev–Trinajstić information content (AvgIpc) is 3.29. The van der Waals surface area contributed by atoms with E-state index in [1.54, 1.807) is 4.68 Å². The molecule has 28 heavy (non-hydrogen) atoms.